The van der Waals surface area contributed by atoms with Crippen LogP contribution in [0.15, 0.2) is 47.8 Å². The Bertz CT molecular complexity index is 597. The smallest absolute Gasteiger partial charge is 0.225 e. The van der Waals surface area contributed by atoms with Gasteiger partial charge in [-0.05, 0) is 30.4 Å². The number of amides is 1. The molecule has 1 saturated heterocycles. The van der Waals surface area contributed by atoms with Gasteiger partial charge in [0.1, 0.15) is 0 Å². The van der Waals surface area contributed by atoms with Crippen LogP contribution in [-0.2, 0) is 11.2 Å². The molecule has 3 rings (SSSR count). The fourth-order valence-electron chi connectivity index (χ4n) is 3.05. The molecule has 0 spiro atoms. The van der Waals surface area contributed by atoms with Crippen LogP contribution in [0.1, 0.15) is 29.8 Å². The molecule has 0 unspecified atom stereocenters. The summed E-state index contributed by atoms with van der Waals surface area (Å²) in [6, 6.07) is 15.3. The van der Waals surface area contributed by atoms with E-state index in [1.807, 2.05) is 23.6 Å². The summed E-state index contributed by atoms with van der Waals surface area (Å²) in [6.45, 7) is 4.22. The third-order valence-corrected chi connectivity index (χ3v) is 5.21. The van der Waals surface area contributed by atoms with Crippen molar-refractivity contribution in [2.24, 2.45) is 0 Å². The Hall–Kier alpha value is -1.65. The van der Waals surface area contributed by atoms with Crippen LogP contribution in [-0.4, -0.2) is 29.9 Å². The minimum absolute atomic E-state index is 0.140. The molecule has 1 aromatic carbocycles. The molecule has 2 aromatic rings. The van der Waals surface area contributed by atoms with Crippen molar-refractivity contribution in [2.75, 3.05) is 13.1 Å². The summed E-state index contributed by atoms with van der Waals surface area (Å²) < 4.78 is 0. The molecule has 1 aliphatic rings. The Kier molecular flexibility index (Phi) is 4.90. The molecule has 2 atom stereocenters. The number of nitrogens with zero attached hydrogens (tertiary/aromatic N) is 1. The van der Waals surface area contributed by atoms with Gasteiger partial charge < -0.3 is 5.32 Å². The quantitative estimate of drug-likeness (QED) is 0.919. The van der Waals surface area contributed by atoms with Crippen LogP contribution < -0.4 is 5.32 Å². The van der Waals surface area contributed by atoms with Gasteiger partial charge in [-0.15, -0.1) is 11.3 Å². The molecule has 4 heteroatoms. The first-order valence-electron chi connectivity index (χ1n) is 7.83. The fourth-order valence-corrected chi connectivity index (χ4v) is 3.75. The van der Waals surface area contributed by atoms with E-state index < -0.39 is 0 Å². The lowest BCUT2D eigenvalue weighted by atomic mass is 10.1. The molecule has 0 bridgehead atoms. The molecule has 116 valence electrons. The summed E-state index contributed by atoms with van der Waals surface area (Å²) in [7, 11) is 0. The molecule has 2 heterocycles. The monoisotopic (exact) mass is 314 g/mol. The molecule has 1 aromatic heterocycles. The van der Waals surface area contributed by atoms with Gasteiger partial charge in [-0.1, -0.05) is 36.4 Å². The number of hydrogen-bond donors (Lipinski definition) is 1. The Morgan fingerprint density at radius 1 is 1.32 bits per heavy atom. The third kappa shape index (κ3) is 3.76. The number of nitrogens with one attached hydrogen (secondary N) is 1. The van der Waals surface area contributed by atoms with Gasteiger partial charge in [0.15, 0.2) is 0 Å². The van der Waals surface area contributed by atoms with E-state index in [-0.39, 0.29) is 11.9 Å². The molecule has 1 fully saturated rings. The Balaban J connectivity index is 1.51. The highest BCUT2D eigenvalue weighted by atomic mass is 32.1. The third-order valence-electron chi connectivity index (χ3n) is 4.33. The van der Waals surface area contributed by atoms with Gasteiger partial charge in [-0.3, -0.25) is 9.69 Å². The number of carbonyl (C=O) groups excluding carboxylic acids is 1. The van der Waals surface area contributed by atoms with Crippen LogP contribution >= 0.6 is 11.3 Å². The topological polar surface area (TPSA) is 32.3 Å². The average Bonchev–Trinajstić information content (AvgIpc) is 3.19. The summed E-state index contributed by atoms with van der Waals surface area (Å²) in [5, 5.41) is 5.19. The number of hydrogen-bond acceptors (Lipinski definition) is 3. The minimum atomic E-state index is 0.140. The highest BCUT2D eigenvalue weighted by Gasteiger charge is 2.27. The van der Waals surface area contributed by atoms with E-state index in [1.54, 1.807) is 11.3 Å². The molecule has 22 heavy (non-hydrogen) atoms. The predicted molar refractivity (Wildman–Crippen MR) is 91.0 cm³/mol. The zero-order valence-electron chi connectivity index (χ0n) is 12.9. The molecule has 0 aliphatic carbocycles. The molecular formula is C18H22N2OS. The van der Waals surface area contributed by atoms with Crippen molar-refractivity contribution >= 4 is 17.2 Å². The van der Waals surface area contributed by atoms with Crippen molar-refractivity contribution in [1.82, 2.24) is 10.2 Å². The molecular weight excluding hydrogens is 292 g/mol. The normalized spacial score (nSPS) is 20.0. The Morgan fingerprint density at radius 2 is 2.14 bits per heavy atom. The van der Waals surface area contributed by atoms with Crippen LogP contribution in [0.4, 0.5) is 0 Å². The second-order valence-electron chi connectivity index (χ2n) is 5.89. The van der Waals surface area contributed by atoms with Gasteiger partial charge in [-0.2, -0.15) is 0 Å². The summed E-state index contributed by atoms with van der Waals surface area (Å²) in [5.41, 5.74) is 1.34. The second-order valence-corrected chi connectivity index (χ2v) is 6.92. The van der Waals surface area contributed by atoms with E-state index in [2.05, 4.69) is 41.4 Å². The van der Waals surface area contributed by atoms with Crippen molar-refractivity contribution in [3.05, 3.63) is 58.3 Å². The molecule has 1 N–H and O–H groups in total. The van der Waals surface area contributed by atoms with Crippen LogP contribution in [0.5, 0.6) is 0 Å². The van der Waals surface area contributed by atoms with Gasteiger partial charge in [-0.25, -0.2) is 0 Å². The van der Waals surface area contributed by atoms with Crippen molar-refractivity contribution in [2.45, 2.75) is 31.8 Å². The maximum absolute atomic E-state index is 12.1. The van der Waals surface area contributed by atoms with E-state index in [9.17, 15) is 4.79 Å². The summed E-state index contributed by atoms with van der Waals surface area (Å²) in [6.07, 6.45) is 1.54. The first kappa shape index (κ1) is 15.3. The Morgan fingerprint density at radius 3 is 2.86 bits per heavy atom. The molecule has 0 radical (unpaired) electrons. The van der Waals surface area contributed by atoms with Gasteiger partial charge in [0.25, 0.3) is 0 Å². The molecule has 0 saturated carbocycles. The number of benzene rings is 1. The number of rotatable bonds is 5. The van der Waals surface area contributed by atoms with E-state index in [0.717, 1.165) is 24.4 Å². The van der Waals surface area contributed by atoms with Crippen molar-refractivity contribution < 1.29 is 4.79 Å². The van der Waals surface area contributed by atoms with E-state index in [0.29, 0.717) is 12.5 Å². The first-order chi connectivity index (χ1) is 10.7. The molecule has 1 aliphatic heterocycles. The zero-order chi connectivity index (χ0) is 15.4. The molecule has 3 nitrogen and oxygen atoms in total. The standard InChI is InChI=1S/C18H22N2OS/c1-14(15-6-3-2-4-7-15)20-10-9-16(13-20)19-18(21)12-17-8-5-11-22-17/h2-8,11,14,16H,9-10,12-13H2,1H3,(H,19,21)/t14-,16+/m0/s1. The van der Waals surface area contributed by atoms with Crippen LogP contribution in [0.25, 0.3) is 0 Å². The zero-order valence-corrected chi connectivity index (χ0v) is 13.7. The molecule has 1 amide bonds. The van der Waals surface area contributed by atoms with Crippen molar-refractivity contribution in [3.63, 3.8) is 0 Å². The first-order valence-corrected chi connectivity index (χ1v) is 8.71. The van der Waals surface area contributed by atoms with E-state index in [1.165, 1.54) is 5.56 Å². The SMILES string of the molecule is C[C@@H](c1ccccc1)N1CC[C@@H](NC(=O)Cc2cccs2)C1. The maximum Gasteiger partial charge on any atom is 0.225 e. The van der Waals surface area contributed by atoms with Gasteiger partial charge in [0.05, 0.1) is 6.42 Å². The summed E-state index contributed by atoms with van der Waals surface area (Å²) in [5.74, 6) is 0.140. The second kappa shape index (κ2) is 7.07. The summed E-state index contributed by atoms with van der Waals surface area (Å²) >= 11 is 1.64. The predicted octanol–water partition coefficient (Wildman–Crippen LogP) is 3.24. The largest absolute Gasteiger partial charge is 0.352 e. The van der Waals surface area contributed by atoms with Crippen molar-refractivity contribution in [3.8, 4) is 0 Å². The average molecular weight is 314 g/mol. The van der Waals surface area contributed by atoms with Crippen LogP contribution in [0.3, 0.4) is 0 Å². The number of thiophene rings is 1. The van der Waals surface area contributed by atoms with E-state index >= 15 is 0 Å². The highest BCUT2D eigenvalue weighted by Crippen LogP contribution is 2.24. The fraction of sp³-hybridized carbons (Fsp3) is 0.389. The summed E-state index contributed by atoms with van der Waals surface area (Å²) in [4.78, 5) is 15.7. The lowest BCUT2D eigenvalue weighted by molar-refractivity contribution is -0.121. The van der Waals surface area contributed by atoms with Gasteiger partial charge >= 0.3 is 0 Å². The van der Waals surface area contributed by atoms with Crippen LogP contribution in [0.2, 0.25) is 0 Å². The lowest BCUT2D eigenvalue weighted by Crippen LogP contribution is -2.38. The van der Waals surface area contributed by atoms with E-state index in [4.69, 9.17) is 0 Å². The minimum Gasteiger partial charge on any atom is -0.352 e. The van der Waals surface area contributed by atoms with Gasteiger partial charge in [0, 0.05) is 30.1 Å². The van der Waals surface area contributed by atoms with Crippen molar-refractivity contribution in [1.29, 1.82) is 0 Å². The number of likely N-dealkylation sites (tertiary alicyclic amines) is 1. The van der Waals surface area contributed by atoms with Gasteiger partial charge in [0.2, 0.25) is 5.91 Å². The Labute approximate surface area is 136 Å². The number of carbonyl (C=O) groups is 1. The maximum atomic E-state index is 12.1. The highest BCUT2D eigenvalue weighted by molar-refractivity contribution is 7.10. The van der Waals surface area contributed by atoms with Crippen LogP contribution in [0, 0.1) is 0 Å². The lowest BCUT2D eigenvalue weighted by Gasteiger charge is -2.24.